The summed E-state index contributed by atoms with van der Waals surface area (Å²) in [4.78, 5) is 23.9. The van der Waals surface area contributed by atoms with Crippen molar-refractivity contribution >= 4 is 11.7 Å². The summed E-state index contributed by atoms with van der Waals surface area (Å²) >= 11 is 0. The Morgan fingerprint density at radius 1 is 1.15 bits per heavy atom. The fraction of sp³-hybridized carbons (Fsp3) is 0.476. The van der Waals surface area contributed by atoms with Crippen molar-refractivity contribution in [3.63, 3.8) is 0 Å². The van der Waals surface area contributed by atoms with Crippen molar-refractivity contribution in [2.24, 2.45) is 5.92 Å². The van der Waals surface area contributed by atoms with E-state index in [1.807, 2.05) is 43.3 Å². The first kappa shape index (κ1) is 17.0. The molecule has 2 aromatic rings. The van der Waals surface area contributed by atoms with E-state index in [9.17, 15) is 4.79 Å². The Balaban J connectivity index is 1.61. The van der Waals surface area contributed by atoms with Crippen molar-refractivity contribution in [3.8, 4) is 0 Å². The summed E-state index contributed by atoms with van der Waals surface area (Å²) in [5.41, 5.74) is 2.12. The van der Waals surface area contributed by atoms with Crippen molar-refractivity contribution in [1.82, 2.24) is 15.3 Å². The Morgan fingerprint density at radius 2 is 1.88 bits per heavy atom. The molecule has 2 saturated carbocycles. The molecule has 5 heteroatoms. The number of amides is 1. The van der Waals surface area contributed by atoms with Gasteiger partial charge in [0.1, 0.15) is 11.6 Å². The number of aromatic nitrogens is 2. The van der Waals surface area contributed by atoms with Gasteiger partial charge >= 0.3 is 0 Å². The quantitative estimate of drug-likeness (QED) is 0.833. The summed E-state index contributed by atoms with van der Waals surface area (Å²) in [5.74, 6) is 2.77. The lowest BCUT2D eigenvalue weighted by Gasteiger charge is -2.20. The van der Waals surface area contributed by atoms with Crippen LogP contribution in [-0.2, 0) is 11.2 Å². The highest BCUT2D eigenvalue weighted by Crippen LogP contribution is 2.39. The maximum atomic E-state index is 12.4. The van der Waals surface area contributed by atoms with E-state index in [1.54, 1.807) is 0 Å². The lowest BCUT2D eigenvalue weighted by atomic mass is 10.0. The Bertz CT molecular complexity index is 762. The third-order valence-corrected chi connectivity index (χ3v) is 5.06. The molecule has 0 aliphatic heterocycles. The van der Waals surface area contributed by atoms with Gasteiger partial charge in [0.2, 0.25) is 5.91 Å². The lowest BCUT2D eigenvalue weighted by Crippen LogP contribution is -2.31. The molecule has 1 aromatic carbocycles. The van der Waals surface area contributed by atoms with Crippen LogP contribution in [0.3, 0.4) is 0 Å². The monoisotopic (exact) mass is 350 g/mol. The van der Waals surface area contributed by atoms with E-state index in [4.69, 9.17) is 9.97 Å². The van der Waals surface area contributed by atoms with Crippen LogP contribution in [0.1, 0.15) is 54.7 Å². The summed E-state index contributed by atoms with van der Waals surface area (Å²) in [7, 11) is 4.01. The van der Waals surface area contributed by atoms with Crippen LogP contribution in [0.15, 0.2) is 36.4 Å². The number of nitrogens with zero attached hydrogens (tertiary/aromatic N) is 3. The second kappa shape index (κ2) is 7.06. The Hall–Kier alpha value is -2.43. The van der Waals surface area contributed by atoms with Crippen LogP contribution in [0.5, 0.6) is 0 Å². The molecule has 26 heavy (non-hydrogen) atoms. The highest BCUT2D eigenvalue weighted by molar-refractivity contribution is 5.81. The van der Waals surface area contributed by atoms with Crippen LogP contribution in [0.25, 0.3) is 0 Å². The zero-order valence-corrected chi connectivity index (χ0v) is 15.5. The Kier molecular flexibility index (Phi) is 4.62. The Labute approximate surface area is 154 Å². The molecule has 0 bridgehead atoms. The SMILES string of the molecule is CN(C)c1cc(C[C@H](NC(=O)C2CC2)c2ccccc2)nc(C2CC2)n1. The third kappa shape index (κ3) is 4.03. The van der Waals surface area contributed by atoms with Gasteiger partial charge in [-0.2, -0.15) is 0 Å². The summed E-state index contributed by atoms with van der Waals surface area (Å²) in [6.45, 7) is 0. The molecule has 1 aromatic heterocycles. The lowest BCUT2D eigenvalue weighted by molar-refractivity contribution is -0.123. The number of anilines is 1. The molecule has 0 saturated heterocycles. The van der Waals surface area contributed by atoms with E-state index in [0.29, 0.717) is 12.3 Å². The van der Waals surface area contributed by atoms with Gasteiger partial charge in [0.15, 0.2) is 0 Å². The van der Waals surface area contributed by atoms with Crippen molar-refractivity contribution in [3.05, 3.63) is 53.5 Å². The van der Waals surface area contributed by atoms with E-state index >= 15 is 0 Å². The summed E-state index contributed by atoms with van der Waals surface area (Å²) in [6.07, 6.45) is 5.06. The van der Waals surface area contributed by atoms with Gasteiger partial charge in [0.25, 0.3) is 0 Å². The molecule has 2 aliphatic carbocycles. The number of hydrogen-bond donors (Lipinski definition) is 1. The molecule has 2 aliphatic rings. The topological polar surface area (TPSA) is 58.1 Å². The molecule has 1 amide bonds. The molecule has 0 radical (unpaired) electrons. The van der Waals surface area contributed by atoms with E-state index in [1.165, 1.54) is 12.8 Å². The van der Waals surface area contributed by atoms with Crippen molar-refractivity contribution in [1.29, 1.82) is 0 Å². The summed E-state index contributed by atoms with van der Waals surface area (Å²) in [5, 5.41) is 3.24. The maximum Gasteiger partial charge on any atom is 0.223 e. The molecule has 1 N–H and O–H groups in total. The van der Waals surface area contributed by atoms with E-state index < -0.39 is 0 Å². The van der Waals surface area contributed by atoms with Crippen LogP contribution < -0.4 is 10.2 Å². The van der Waals surface area contributed by atoms with Gasteiger partial charge in [-0.05, 0) is 31.2 Å². The van der Waals surface area contributed by atoms with Gasteiger partial charge in [-0.15, -0.1) is 0 Å². The molecule has 5 nitrogen and oxygen atoms in total. The van der Waals surface area contributed by atoms with E-state index in [-0.39, 0.29) is 17.9 Å². The van der Waals surface area contributed by atoms with Gasteiger partial charge < -0.3 is 10.2 Å². The number of nitrogens with one attached hydrogen (secondary N) is 1. The average molecular weight is 350 g/mol. The fourth-order valence-electron chi connectivity index (χ4n) is 3.14. The van der Waals surface area contributed by atoms with Gasteiger partial charge in [-0.25, -0.2) is 9.97 Å². The number of benzene rings is 1. The molecule has 136 valence electrons. The van der Waals surface area contributed by atoms with Crippen molar-refractivity contribution in [2.75, 3.05) is 19.0 Å². The number of carbonyl (C=O) groups excluding carboxylic acids is 1. The first-order valence-corrected chi connectivity index (χ1v) is 9.50. The Morgan fingerprint density at radius 3 is 2.50 bits per heavy atom. The van der Waals surface area contributed by atoms with Crippen LogP contribution in [0.2, 0.25) is 0 Å². The van der Waals surface area contributed by atoms with Crippen molar-refractivity contribution in [2.45, 2.75) is 44.1 Å². The van der Waals surface area contributed by atoms with Gasteiger partial charge in [-0.3, -0.25) is 4.79 Å². The average Bonchev–Trinajstić information content (AvgIpc) is 3.53. The predicted molar refractivity (Wildman–Crippen MR) is 102 cm³/mol. The number of carbonyl (C=O) groups is 1. The molecule has 1 atom stereocenters. The number of rotatable bonds is 7. The second-order valence-corrected chi connectivity index (χ2v) is 7.69. The van der Waals surface area contributed by atoms with Gasteiger partial charge in [-0.1, -0.05) is 30.3 Å². The fourth-order valence-corrected chi connectivity index (χ4v) is 3.14. The van der Waals surface area contributed by atoms with Crippen LogP contribution in [0, 0.1) is 5.92 Å². The first-order valence-electron chi connectivity index (χ1n) is 9.50. The summed E-state index contributed by atoms with van der Waals surface area (Å²) < 4.78 is 0. The van der Waals surface area contributed by atoms with Crippen LogP contribution >= 0.6 is 0 Å². The van der Waals surface area contributed by atoms with E-state index in [0.717, 1.165) is 35.7 Å². The zero-order chi connectivity index (χ0) is 18.1. The van der Waals surface area contributed by atoms with Gasteiger partial charge in [0, 0.05) is 44.1 Å². The molecule has 0 spiro atoms. The highest BCUT2D eigenvalue weighted by atomic mass is 16.2. The molecule has 1 heterocycles. The minimum atomic E-state index is -0.0544. The zero-order valence-electron chi connectivity index (χ0n) is 15.5. The molecule has 4 rings (SSSR count). The van der Waals surface area contributed by atoms with Gasteiger partial charge in [0.05, 0.1) is 6.04 Å². The summed E-state index contributed by atoms with van der Waals surface area (Å²) in [6, 6.07) is 12.2. The van der Waals surface area contributed by atoms with Crippen molar-refractivity contribution < 1.29 is 4.79 Å². The minimum absolute atomic E-state index is 0.0544. The third-order valence-electron chi connectivity index (χ3n) is 5.06. The maximum absolute atomic E-state index is 12.4. The van der Waals surface area contributed by atoms with E-state index in [2.05, 4.69) is 17.4 Å². The normalized spacial score (nSPS) is 17.6. The number of hydrogen-bond acceptors (Lipinski definition) is 4. The second-order valence-electron chi connectivity index (χ2n) is 7.69. The molecule has 2 fully saturated rings. The van der Waals surface area contributed by atoms with Crippen LogP contribution in [-0.4, -0.2) is 30.0 Å². The molecular weight excluding hydrogens is 324 g/mol. The standard InChI is InChI=1S/C21H26N4O/c1-25(2)19-13-17(22-20(24-19)15-8-9-15)12-18(14-6-4-3-5-7-14)23-21(26)16-10-11-16/h3-7,13,15-16,18H,8-12H2,1-2H3,(H,23,26)/t18-/m0/s1. The minimum Gasteiger partial charge on any atom is -0.363 e. The molecule has 0 unspecified atom stereocenters. The first-order chi connectivity index (χ1) is 12.6. The van der Waals surface area contributed by atoms with Crippen LogP contribution in [0.4, 0.5) is 5.82 Å². The predicted octanol–water partition coefficient (Wildman–Crippen LogP) is 3.23. The highest BCUT2D eigenvalue weighted by Gasteiger charge is 2.32. The largest absolute Gasteiger partial charge is 0.363 e. The smallest absolute Gasteiger partial charge is 0.223 e. The molecular formula is C21H26N4O.